The Balaban J connectivity index is 1.71. The molecule has 1 aromatic carbocycles. The lowest BCUT2D eigenvalue weighted by atomic mass is 10.2. The third kappa shape index (κ3) is 2.80. The third-order valence-electron chi connectivity index (χ3n) is 2.64. The van der Waals surface area contributed by atoms with Crippen LogP contribution in [0.1, 0.15) is 5.89 Å². The summed E-state index contributed by atoms with van der Waals surface area (Å²) < 4.78 is 5.71. The molecular formula is C14H12N4OS. The monoisotopic (exact) mass is 284 g/mol. The number of hydrogen-bond donors (Lipinski definition) is 1. The highest BCUT2D eigenvalue weighted by molar-refractivity contribution is 7.98. The van der Waals surface area contributed by atoms with Gasteiger partial charge in [-0.05, 0) is 0 Å². The predicted octanol–water partition coefficient (Wildman–Crippen LogP) is 3.01. The van der Waals surface area contributed by atoms with Crippen LogP contribution in [0.2, 0.25) is 0 Å². The predicted molar refractivity (Wildman–Crippen MR) is 77.9 cm³/mol. The fourth-order valence-electron chi connectivity index (χ4n) is 1.69. The summed E-state index contributed by atoms with van der Waals surface area (Å²) in [4.78, 5) is 12.4. The van der Waals surface area contributed by atoms with Crippen LogP contribution in [0, 0.1) is 0 Å². The van der Waals surface area contributed by atoms with E-state index in [0.29, 0.717) is 22.5 Å². The summed E-state index contributed by atoms with van der Waals surface area (Å²) in [7, 11) is 0. The Kier molecular flexibility index (Phi) is 3.64. The van der Waals surface area contributed by atoms with Crippen LogP contribution in [0.5, 0.6) is 0 Å². The van der Waals surface area contributed by atoms with Crippen molar-refractivity contribution in [3.63, 3.8) is 0 Å². The molecule has 0 aliphatic rings. The second-order valence-electron chi connectivity index (χ2n) is 4.02. The van der Waals surface area contributed by atoms with E-state index < -0.39 is 0 Å². The van der Waals surface area contributed by atoms with Crippen molar-refractivity contribution < 1.29 is 4.42 Å². The summed E-state index contributed by atoms with van der Waals surface area (Å²) >= 11 is 1.45. The molecule has 0 radical (unpaired) electrons. The number of aromatic nitrogens is 3. The lowest BCUT2D eigenvalue weighted by Crippen LogP contribution is -1.94. The molecule has 0 amide bonds. The van der Waals surface area contributed by atoms with Crippen LogP contribution >= 0.6 is 11.8 Å². The van der Waals surface area contributed by atoms with Gasteiger partial charge in [0.25, 0.3) is 0 Å². The summed E-state index contributed by atoms with van der Waals surface area (Å²) in [5, 5.41) is 0.687. The highest BCUT2D eigenvalue weighted by Gasteiger charge is 2.08. The number of oxazole rings is 1. The molecule has 0 saturated carbocycles. The van der Waals surface area contributed by atoms with Crippen LogP contribution in [-0.4, -0.2) is 15.0 Å². The molecule has 3 rings (SSSR count). The molecular weight excluding hydrogens is 272 g/mol. The Hall–Kier alpha value is -2.34. The Morgan fingerprint density at radius 2 is 1.85 bits per heavy atom. The zero-order chi connectivity index (χ0) is 13.8. The van der Waals surface area contributed by atoms with E-state index >= 15 is 0 Å². The molecule has 2 heterocycles. The summed E-state index contributed by atoms with van der Waals surface area (Å²) in [6, 6.07) is 9.86. The third-order valence-corrected chi connectivity index (χ3v) is 3.61. The van der Waals surface area contributed by atoms with E-state index in [-0.39, 0.29) is 0 Å². The molecule has 3 aromatic rings. The molecule has 100 valence electrons. The zero-order valence-corrected chi connectivity index (χ0v) is 11.4. The maximum Gasteiger partial charge on any atom is 0.205 e. The number of anilines is 1. The van der Waals surface area contributed by atoms with E-state index in [1.54, 1.807) is 18.6 Å². The number of hydrogen-bond acceptors (Lipinski definition) is 6. The van der Waals surface area contributed by atoms with Crippen molar-refractivity contribution in [3.05, 3.63) is 54.8 Å². The first-order valence-electron chi connectivity index (χ1n) is 6.02. The van der Waals surface area contributed by atoms with Crippen molar-refractivity contribution in [2.75, 3.05) is 5.73 Å². The second-order valence-corrected chi connectivity index (χ2v) is 4.98. The first kappa shape index (κ1) is 12.7. The van der Waals surface area contributed by atoms with Crippen molar-refractivity contribution in [2.45, 2.75) is 10.8 Å². The lowest BCUT2D eigenvalue weighted by Gasteiger charge is -2.00. The number of thioether (sulfide) groups is 1. The number of benzene rings is 1. The molecule has 0 unspecified atom stereocenters. The van der Waals surface area contributed by atoms with E-state index in [9.17, 15) is 0 Å². The number of nitrogen functional groups attached to an aromatic ring is 1. The lowest BCUT2D eigenvalue weighted by molar-refractivity contribution is 0.530. The quantitative estimate of drug-likeness (QED) is 0.742. The second kappa shape index (κ2) is 5.75. The normalized spacial score (nSPS) is 10.6. The topological polar surface area (TPSA) is 77.8 Å². The van der Waals surface area contributed by atoms with Gasteiger partial charge in [0.15, 0.2) is 11.6 Å². The molecule has 20 heavy (non-hydrogen) atoms. The van der Waals surface area contributed by atoms with Gasteiger partial charge in [-0.3, -0.25) is 0 Å². The molecule has 0 bridgehead atoms. The van der Waals surface area contributed by atoms with E-state index in [1.807, 2.05) is 30.3 Å². The van der Waals surface area contributed by atoms with Gasteiger partial charge in [-0.1, -0.05) is 42.1 Å². The number of rotatable bonds is 4. The SMILES string of the molecule is Nc1nccnc1SCc1ncc(-c2ccccc2)o1. The Morgan fingerprint density at radius 1 is 1.05 bits per heavy atom. The minimum atomic E-state index is 0.423. The van der Waals surface area contributed by atoms with Gasteiger partial charge in [-0.25, -0.2) is 15.0 Å². The van der Waals surface area contributed by atoms with Gasteiger partial charge in [0.1, 0.15) is 5.03 Å². The van der Waals surface area contributed by atoms with Crippen molar-refractivity contribution in [3.8, 4) is 11.3 Å². The minimum absolute atomic E-state index is 0.423. The summed E-state index contributed by atoms with van der Waals surface area (Å²) in [6.45, 7) is 0. The average Bonchev–Trinajstić information content (AvgIpc) is 2.96. The average molecular weight is 284 g/mol. The molecule has 2 N–H and O–H groups in total. The smallest absolute Gasteiger partial charge is 0.205 e. The first-order chi connectivity index (χ1) is 9.83. The molecule has 0 atom stereocenters. The highest BCUT2D eigenvalue weighted by atomic mass is 32.2. The van der Waals surface area contributed by atoms with Crippen molar-refractivity contribution in [2.24, 2.45) is 0 Å². The van der Waals surface area contributed by atoms with Crippen LogP contribution < -0.4 is 5.73 Å². The van der Waals surface area contributed by atoms with Crippen LogP contribution in [0.4, 0.5) is 5.82 Å². The molecule has 0 saturated heterocycles. The number of nitrogens with two attached hydrogens (primary N) is 1. The fraction of sp³-hybridized carbons (Fsp3) is 0.0714. The van der Waals surface area contributed by atoms with E-state index in [4.69, 9.17) is 10.2 Å². The molecule has 5 nitrogen and oxygen atoms in total. The standard InChI is InChI=1S/C14H12N4OS/c15-13-14(17-7-6-16-13)20-9-12-18-8-11(19-12)10-4-2-1-3-5-10/h1-8H,9H2,(H2,15,16). The van der Waals surface area contributed by atoms with Gasteiger partial charge >= 0.3 is 0 Å². The maximum atomic E-state index is 5.74. The Bertz CT molecular complexity index is 699. The fourth-order valence-corrected chi connectivity index (χ4v) is 2.42. The first-order valence-corrected chi connectivity index (χ1v) is 7.01. The van der Waals surface area contributed by atoms with E-state index in [0.717, 1.165) is 11.3 Å². The summed E-state index contributed by atoms with van der Waals surface area (Å²) in [5.41, 5.74) is 6.75. The molecule has 0 spiro atoms. The molecule has 0 aliphatic carbocycles. The molecule has 2 aromatic heterocycles. The van der Waals surface area contributed by atoms with Gasteiger partial charge in [-0.2, -0.15) is 0 Å². The van der Waals surface area contributed by atoms with E-state index in [2.05, 4.69) is 15.0 Å². The molecule has 0 aliphatic heterocycles. The Morgan fingerprint density at radius 3 is 2.65 bits per heavy atom. The van der Waals surface area contributed by atoms with Crippen molar-refractivity contribution >= 4 is 17.6 Å². The van der Waals surface area contributed by atoms with Gasteiger partial charge in [0, 0.05) is 18.0 Å². The van der Waals surface area contributed by atoms with E-state index in [1.165, 1.54) is 11.8 Å². The van der Waals surface area contributed by atoms with Gasteiger partial charge in [0.05, 0.1) is 11.9 Å². The summed E-state index contributed by atoms with van der Waals surface area (Å²) in [5.74, 6) is 2.38. The largest absolute Gasteiger partial charge is 0.440 e. The Labute approximate surface area is 120 Å². The van der Waals surface area contributed by atoms with Crippen molar-refractivity contribution in [1.82, 2.24) is 15.0 Å². The van der Waals surface area contributed by atoms with Crippen LogP contribution in [0.25, 0.3) is 11.3 Å². The zero-order valence-electron chi connectivity index (χ0n) is 10.6. The van der Waals surface area contributed by atoms with Crippen molar-refractivity contribution in [1.29, 1.82) is 0 Å². The van der Waals surface area contributed by atoms with Crippen LogP contribution in [0.15, 0.2) is 58.4 Å². The number of nitrogens with zero attached hydrogens (tertiary/aromatic N) is 3. The van der Waals surface area contributed by atoms with Crippen LogP contribution in [0.3, 0.4) is 0 Å². The molecule has 0 fully saturated rings. The van der Waals surface area contributed by atoms with Gasteiger partial charge < -0.3 is 10.2 Å². The minimum Gasteiger partial charge on any atom is -0.440 e. The summed E-state index contributed by atoms with van der Waals surface area (Å²) in [6.07, 6.45) is 4.91. The molecule has 6 heteroatoms. The maximum absolute atomic E-state index is 5.74. The highest BCUT2D eigenvalue weighted by Crippen LogP contribution is 2.26. The van der Waals surface area contributed by atoms with Gasteiger partial charge in [-0.15, -0.1) is 0 Å². The van der Waals surface area contributed by atoms with Gasteiger partial charge in [0.2, 0.25) is 5.89 Å². The van der Waals surface area contributed by atoms with Crippen LogP contribution in [-0.2, 0) is 5.75 Å².